The van der Waals surface area contributed by atoms with Gasteiger partial charge in [0.2, 0.25) is 0 Å². The van der Waals surface area contributed by atoms with E-state index < -0.39 is 0 Å². The minimum absolute atomic E-state index is 0.214. The monoisotopic (exact) mass is 200 g/mol. The largest absolute Gasteiger partial charge is 0.396 e. The van der Waals surface area contributed by atoms with Gasteiger partial charge in [0.05, 0.1) is 0 Å². The third-order valence-electron chi connectivity index (χ3n) is 2.82. The Hall–Kier alpha value is -1.34. The molecule has 0 atom stereocenters. The van der Waals surface area contributed by atoms with E-state index in [2.05, 4.69) is 44.2 Å². The van der Waals surface area contributed by atoms with E-state index in [0.717, 1.165) is 6.42 Å². The van der Waals surface area contributed by atoms with E-state index >= 15 is 0 Å². The molecule has 2 aromatic carbocycles. The Kier molecular flexibility index (Phi) is 2.74. The van der Waals surface area contributed by atoms with Gasteiger partial charge in [-0.2, -0.15) is 0 Å². The second kappa shape index (κ2) is 4.03. The molecule has 0 radical (unpaired) electrons. The average Bonchev–Trinajstić information content (AvgIpc) is 2.19. The first-order chi connectivity index (χ1) is 7.22. The molecule has 0 heterocycles. The van der Waals surface area contributed by atoms with E-state index in [1.807, 2.05) is 0 Å². The van der Waals surface area contributed by atoms with Crippen LogP contribution < -0.4 is 0 Å². The summed E-state index contributed by atoms with van der Waals surface area (Å²) >= 11 is 0. The maximum absolute atomic E-state index is 9.02. The van der Waals surface area contributed by atoms with Crippen LogP contribution in [0.15, 0.2) is 30.3 Å². The van der Waals surface area contributed by atoms with Crippen molar-refractivity contribution in [1.29, 1.82) is 0 Å². The van der Waals surface area contributed by atoms with Crippen molar-refractivity contribution in [2.75, 3.05) is 6.61 Å². The first kappa shape index (κ1) is 10.2. The molecular formula is C14H16O. The predicted octanol–water partition coefficient (Wildman–Crippen LogP) is 2.99. The molecule has 0 saturated carbocycles. The van der Waals surface area contributed by atoms with E-state index in [-0.39, 0.29) is 6.61 Å². The van der Waals surface area contributed by atoms with E-state index in [4.69, 9.17) is 5.11 Å². The highest BCUT2D eigenvalue weighted by atomic mass is 16.2. The Bertz CT molecular complexity index is 486. The summed E-state index contributed by atoms with van der Waals surface area (Å²) in [6.07, 6.45) is 0.736. The Balaban J connectivity index is 2.73. The zero-order valence-corrected chi connectivity index (χ0v) is 9.25. The molecule has 0 aliphatic heterocycles. The summed E-state index contributed by atoms with van der Waals surface area (Å²) in [7, 11) is 0. The molecule has 0 unspecified atom stereocenters. The van der Waals surface area contributed by atoms with Gasteiger partial charge in [0.25, 0.3) is 0 Å². The molecule has 0 bridgehead atoms. The van der Waals surface area contributed by atoms with Gasteiger partial charge in [-0.1, -0.05) is 35.9 Å². The molecule has 0 aliphatic rings. The summed E-state index contributed by atoms with van der Waals surface area (Å²) in [6.45, 7) is 4.46. The minimum Gasteiger partial charge on any atom is -0.396 e. The number of aliphatic hydroxyl groups excluding tert-OH is 1. The van der Waals surface area contributed by atoms with Gasteiger partial charge in [0.15, 0.2) is 0 Å². The molecule has 0 saturated heterocycles. The van der Waals surface area contributed by atoms with Crippen molar-refractivity contribution in [2.24, 2.45) is 0 Å². The van der Waals surface area contributed by atoms with Gasteiger partial charge in [-0.05, 0) is 42.2 Å². The lowest BCUT2D eigenvalue weighted by Gasteiger charge is -2.08. The van der Waals surface area contributed by atoms with E-state index in [1.54, 1.807) is 0 Å². The van der Waals surface area contributed by atoms with Gasteiger partial charge < -0.3 is 5.11 Å². The molecule has 1 heteroatoms. The molecule has 15 heavy (non-hydrogen) atoms. The molecule has 0 amide bonds. The van der Waals surface area contributed by atoms with Crippen LogP contribution in [-0.4, -0.2) is 11.7 Å². The van der Waals surface area contributed by atoms with Gasteiger partial charge in [-0.25, -0.2) is 0 Å². The standard InChI is InChI=1S/C14H16O/c1-10-8-11(2)13-5-3-4-12(6-7-15)14(13)9-10/h3-5,8-9,15H,6-7H2,1-2H3. The number of hydrogen-bond acceptors (Lipinski definition) is 1. The topological polar surface area (TPSA) is 20.2 Å². The molecule has 2 aromatic rings. The van der Waals surface area contributed by atoms with Gasteiger partial charge in [-0.15, -0.1) is 0 Å². The van der Waals surface area contributed by atoms with Crippen molar-refractivity contribution in [3.05, 3.63) is 47.0 Å². The van der Waals surface area contributed by atoms with Gasteiger partial charge in [0.1, 0.15) is 0 Å². The lowest BCUT2D eigenvalue weighted by Crippen LogP contribution is -1.93. The van der Waals surface area contributed by atoms with Crippen LogP contribution in [0.1, 0.15) is 16.7 Å². The fourth-order valence-electron chi connectivity index (χ4n) is 2.15. The van der Waals surface area contributed by atoms with Crippen LogP contribution in [0.5, 0.6) is 0 Å². The predicted molar refractivity (Wildman–Crippen MR) is 64.2 cm³/mol. The third-order valence-corrected chi connectivity index (χ3v) is 2.82. The maximum Gasteiger partial charge on any atom is 0.0471 e. The summed E-state index contributed by atoms with van der Waals surface area (Å²) in [5.74, 6) is 0. The van der Waals surface area contributed by atoms with Gasteiger partial charge in [0, 0.05) is 6.61 Å². The number of benzene rings is 2. The number of fused-ring (bicyclic) bond motifs is 1. The molecule has 1 nitrogen and oxygen atoms in total. The Labute approximate surface area is 90.4 Å². The van der Waals surface area contributed by atoms with Crippen LogP contribution in [0.25, 0.3) is 10.8 Å². The summed E-state index contributed by atoms with van der Waals surface area (Å²) < 4.78 is 0. The van der Waals surface area contributed by atoms with Crippen molar-refractivity contribution < 1.29 is 5.11 Å². The summed E-state index contributed by atoms with van der Waals surface area (Å²) in [5.41, 5.74) is 3.83. The molecule has 1 N–H and O–H groups in total. The highest BCUT2D eigenvalue weighted by Crippen LogP contribution is 2.24. The third kappa shape index (κ3) is 1.88. The maximum atomic E-state index is 9.02. The van der Waals surface area contributed by atoms with E-state index in [1.165, 1.54) is 27.5 Å². The fourth-order valence-corrected chi connectivity index (χ4v) is 2.15. The highest BCUT2D eigenvalue weighted by molar-refractivity contribution is 5.89. The molecule has 2 rings (SSSR count). The number of rotatable bonds is 2. The smallest absolute Gasteiger partial charge is 0.0471 e. The zero-order valence-electron chi connectivity index (χ0n) is 9.25. The second-order valence-corrected chi connectivity index (χ2v) is 4.07. The first-order valence-electron chi connectivity index (χ1n) is 5.32. The molecule has 0 spiro atoms. The van der Waals surface area contributed by atoms with Crippen molar-refractivity contribution >= 4 is 10.8 Å². The fraction of sp³-hybridized carbons (Fsp3) is 0.286. The summed E-state index contributed by atoms with van der Waals surface area (Å²) in [4.78, 5) is 0. The lowest BCUT2D eigenvalue weighted by molar-refractivity contribution is 0.300. The minimum atomic E-state index is 0.214. The quantitative estimate of drug-likeness (QED) is 0.790. The Morgan fingerprint density at radius 1 is 1.07 bits per heavy atom. The van der Waals surface area contributed by atoms with Crippen molar-refractivity contribution in [1.82, 2.24) is 0 Å². The van der Waals surface area contributed by atoms with Crippen LogP contribution >= 0.6 is 0 Å². The number of hydrogen-bond donors (Lipinski definition) is 1. The van der Waals surface area contributed by atoms with Crippen LogP contribution in [0.2, 0.25) is 0 Å². The Morgan fingerprint density at radius 3 is 2.60 bits per heavy atom. The molecule has 0 fully saturated rings. The van der Waals surface area contributed by atoms with Gasteiger partial charge in [-0.3, -0.25) is 0 Å². The van der Waals surface area contributed by atoms with Gasteiger partial charge >= 0.3 is 0 Å². The number of aryl methyl sites for hydroxylation is 2. The Morgan fingerprint density at radius 2 is 1.87 bits per heavy atom. The summed E-state index contributed by atoms with van der Waals surface area (Å²) in [6, 6.07) is 10.7. The highest BCUT2D eigenvalue weighted by Gasteiger charge is 2.03. The van der Waals surface area contributed by atoms with Crippen molar-refractivity contribution in [2.45, 2.75) is 20.3 Å². The second-order valence-electron chi connectivity index (χ2n) is 4.07. The zero-order chi connectivity index (χ0) is 10.8. The number of aliphatic hydroxyl groups is 1. The molecule has 0 aliphatic carbocycles. The normalized spacial score (nSPS) is 10.9. The van der Waals surface area contributed by atoms with Crippen LogP contribution in [0.4, 0.5) is 0 Å². The van der Waals surface area contributed by atoms with Crippen molar-refractivity contribution in [3.63, 3.8) is 0 Å². The van der Waals surface area contributed by atoms with Crippen LogP contribution in [0.3, 0.4) is 0 Å². The average molecular weight is 200 g/mol. The van der Waals surface area contributed by atoms with E-state index in [0.29, 0.717) is 0 Å². The first-order valence-corrected chi connectivity index (χ1v) is 5.32. The molecular weight excluding hydrogens is 184 g/mol. The van der Waals surface area contributed by atoms with Crippen LogP contribution in [0, 0.1) is 13.8 Å². The van der Waals surface area contributed by atoms with E-state index in [9.17, 15) is 0 Å². The van der Waals surface area contributed by atoms with Crippen LogP contribution in [-0.2, 0) is 6.42 Å². The SMILES string of the molecule is Cc1cc(C)c2cccc(CCO)c2c1. The molecule has 78 valence electrons. The molecule has 0 aromatic heterocycles. The lowest BCUT2D eigenvalue weighted by atomic mass is 9.97. The summed E-state index contributed by atoms with van der Waals surface area (Å²) in [5, 5.41) is 11.6. The van der Waals surface area contributed by atoms with Crippen molar-refractivity contribution in [3.8, 4) is 0 Å².